The maximum atomic E-state index is 12.3. The molecule has 2 bridgehead atoms. The van der Waals surface area contributed by atoms with Gasteiger partial charge in [-0.2, -0.15) is 0 Å². The number of carbonyl (C=O) groups is 1. The summed E-state index contributed by atoms with van der Waals surface area (Å²) in [6.07, 6.45) is 25.8. The number of hydrogen-bond acceptors (Lipinski definition) is 4. The van der Waals surface area contributed by atoms with Crippen molar-refractivity contribution in [2.45, 2.75) is 161 Å². The Morgan fingerprint density at radius 1 is 0.744 bits per heavy atom. The minimum absolute atomic E-state index is 0.0381. The zero-order valence-electron chi connectivity index (χ0n) is 26.5. The Hall–Kier alpha value is -0.853. The third-order valence-corrected chi connectivity index (χ3v) is 13.8. The summed E-state index contributed by atoms with van der Waals surface area (Å²) in [5.74, 6) is 0.424. The molecule has 5 nitrogen and oxygen atoms in total. The van der Waals surface area contributed by atoms with Crippen molar-refractivity contribution in [3.05, 3.63) is 12.2 Å². The SMILES string of the molecule is CCCCCCCCCCCCCCCCCCNC(=O)OC[C@@H]1[C@@H](CO[Si](C)(C)C(C)(C)C)[C@H]2C=C[C@@H]1O2. The van der Waals surface area contributed by atoms with Crippen LogP contribution in [0.3, 0.4) is 0 Å². The summed E-state index contributed by atoms with van der Waals surface area (Å²) in [6.45, 7) is 15.4. The number of unbranched alkanes of at least 4 members (excludes halogenated alkanes) is 15. The first-order valence-electron chi connectivity index (χ1n) is 16.5. The lowest BCUT2D eigenvalue weighted by atomic mass is 9.84. The van der Waals surface area contributed by atoms with Gasteiger partial charge in [-0.3, -0.25) is 0 Å². The number of nitrogens with one attached hydrogen (secondary N) is 1. The van der Waals surface area contributed by atoms with Crippen LogP contribution in [0.25, 0.3) is 0 Å². The van der Waals surface area contributed by atoms with Crippen molar-refractivity contribution < 1.29 is 18.7 Å². The number of alkyl carbamates (subject to hydrolysis) is 1. The molecule has 1 amide bonds. The van der Waals surface area contributed by atoms with E-state index in [2.05, 4.69) is 58.3 Å². The summed E-state index contributed by atoms with van der Waals surface area (Å²) in [6, 6.07) is 0. The van der Waals surface area contributed by atoms with Crippen LogP contribution in [0.1, 0.15) is 130 Å². The predicted molar refractivity (Wildman–Crippen MR) is 167 cm³/mol. The third-order valence-electron chi connectivity index (χ3n) is 9.35. The van der Waals surface area contributed by atoms with Gasteiger partial charge in [0, 0.05) is 25.0 Å². The lowest BCUT2D eigenvalue weighted by Gasteiger charge is -2.38. The van der Waals surface area contributed by atoms with E-state index < -0.39 is 8.32 Å². The molecule has 0 aromatic carbocycles. The second kappa shape index (κ2) is 18.6. The highest BCUT2D eigenvalue weighted by Gasteiger charge is 2.48. The average Bonchev–Trinajstić information content (AvgIpc) is 3.49. The fourth-order valence-electron chi connectivity index (χ4n) is 5.51. The topological polar surface area (TPSA) is 56.8 Å². The van der Waals surface area contributed by atoms with Crippen LogP contribution in [0.2, 0.25) is 18.1 Å². The Labute approximate surface area is 242 Å². The molecular weight excluding hydrogens is 502 g/mol. The Bertz CT molecular complexity index is 690. The molecule has 2 heterocycles. The van der Waals surface area contributed by atoms with Crippen LogP contribution < -0.4 is 5.32 Å². The number of ether oxygens (including phenoxy) is 2. The molecule has 0 aromatic rings. The van der Waals surface area contributed by atoms with Crippen LogP contribution >= 0.6 is 0 Å². The summed E-state index contributed by atoms with van der Waals surface area (Å²) in [5.41, 5.74) is 0. The van der Waals surface area contributed by atoms with Gasteiger partial charge in [0.05, 0.1) is 18.8 Å². The Balaban J connectivity index is 1.44. The Kier molecular flexibility index (Phi) is 16.3. The highest BCUT2D eigenvalue weighted by Crippen LogP contribution is 2.42. The van der Waals surface area contributed by atoms with Gasteiger partial charge in [-0.15, -0.1) is 0 Å². The molecule has 6 heteroatoms. The van der Waals surface area contributed by atoms with E-state index in [1.54, 1.807) is 0 Å². The fourth-order valence-corrected chi connectivity index (χ4v) is 6.55. The van der Waals surface area contributed by atoms with Crippen molar-refractivity contribution in [2.75, 3.05) is 19.8 Å². The number of rotatable bonds is 22. The molecule has 2 aliphatic rings. The van der Waals surface area contributed by atoms with E-state index in [1.165, 1.54) is 96.3 Å². The van der Waals surface area contributed by atoms with Gasteiger partial charge in [-0.1, -0.05) is 136 Å². The van der Waals surface area contributed by atoms with E-state index in [9.17, 15) is 4.79 Å². The van der Waals surface area contributed by atoms with E-state index >= 15 is 0 Å². The third kappa shape index (κ3) is 13.1. The van der Waals surface area contributed by atoms with Gasteiger partial charge in [0.25, 0.3) is 0 Å². The van der Waals surface area contributed by atoms with Crippen molar-refractivity contribution in [3.8, 4) is 0 Å². The van der Waals surface area contributed by atoms with Crippen LogP contribution in [0.5, 0.6) is 0 Å². The lowest BCUT2D eigenvalue weighted by molar-refractivity contribution is 0.0831. The predicted octanol–water partition coefficient (Wildman–Crippen LogP) is 9.57. The highest BCUT2D eigenvalue weighted by atomic mass is 28.4. The molecule has 0 unspecified atom stereocenters. The number of carbonyl (C=O) groups excluding carboxylic acids is 1. The van der Waals surface area contributed by atoms with Gasteiger partial charge in [-0.25, -0.2) is 4.79 Å². The second-order valence-corrected chi connectivity index (χ2v) is 18.5. The fraction of sp³-hybridized carbons (Fsp3) is 0.909. The van der Waals surface area contributed by atoms with Gasteiger partial charge in [-0.05, 0) is 24.6 Å². The van der Waals surface area contributed by atoms with E-state index in [-0.39, 0.29) is 35.2 Å². The van der Waals surface area contributed by atoms with Crippen LogP contribution in [-0.2, 0) is 13.9 Å². The smallest absolute Gasteiger partial charge is 0.407 e. The average molecular weight is 566 g/mol. The minimum atomic E-state index is -1.82. The van der Waals surface area contributed by atoms with Crippen molar-refractivity contribution in [3.63, 3.8) is 0 Å². The summed E-state index contributed by atoms with van der Waals surface area (Å²) >= 11 is 0. The molecule has 2 aliphatic heterocycles. The van der Waals surface area contributed by atoms with Crippen LogP contribution in [0.4, 0.5) is 4.79 Å². The highest BCUT2D eigenvalue weighted by molar-refractivity contribution is 6.74. The van der Waals surface area contributed by atoms with Gasteiger partial charge in [0.15, 0.2) is 8.32 Å². The zero-order chi connectivity index (χ0) is 28.6. The summed E-state index contributed by atoms with van der Waals surface area (Å²) in [5, 5.41) is 3.13. The van der Waals surface area contributed by atoms with Crippen molar-refractivity contribution >= 4 is 14.4 Å². The molecule has 0 radical (unpaired) electrons. The first-order chi connectivity index (χ1) is 18.7. The van der Waals surface area contributed by atoms with Crippen molar-refractivity contribution in [2.24, 2.45) is 11.8 Å². The molecule has 1 fully saturated rings. The molecule has 4 atom stereocenters. The lowest BCUT2D eigenvalue weighted by Crippen LogP contribution is -2.44. The monoisotopic (exact) mass is 565 g/mol. The summed E-state index contributed by atoms with van der Waals surface area (Å²) in [7, 11) is -1.82. The molecule has 39 heavy (non-hydrogen) atoms. The van der Waals surface area contributed by atoms with Gasteiger partial charge in [0.1, 0.15) is 0 Å². The van der Waals surface area contributed by atoms with Gasteiger partial charge < -0.3 is 19.2 Å². The minimum Gasteiger partial charge on any atom is -0.449 e. The van der Waals surface area contributed by atoms with Gasteiger partial charge >= 0.3 is 6.09 Å². The molecule has 1 N–H and O–H groups in total. The quantitative estimate of drug-likeness (QED) is 0.0806. The Morgan fingerprint density at radius 3 is 1.64 bits per heavy atom. The molecule has 0 aliphatic carbocycles. The van der Waals surface area contributed by atoms with Crippen molar-refractivity contribution in [1.29, 1.82) is 0 Å². The first kappa shape index (κ1) is 34.3. The van der Waals surface area contributed by atoms with Crippen molar-refractivity contribution in [1.82, 2.24) is 5.32 Å². The molecule has 0 saturated carbocycles. The standard InChI is InChI=1S/C33H63NO4Si/c1-7-8-9-10-11-12-13-14-15-16-17-18-19-20-21-22-25-34-32(35)36-26-28-29(31-24-23-30(28)38-31)27-37-39(5,6)33(2,3)4/h23-24,28-31H,7-22,25-27H2,1-6H3,(H,34,35)/t28-,29-,30+,31-/m1/s1. The maximum Gasteiger partial charge on any atom is 0.407 e. The van der Waals surface area contributed by atoms with E-state index in [4.69, 9.17) is 13.9 Å². The molecule has 2 rings (SSSR count). The zero-order valence-corrected chi connectivity index (χ0v) is 27.5. The molecule has 0 spiro atoms. The van der Waals surface area contributed by atoms with E-state index in [0.717, 1.165) is 6.42 Å². The molecule has 1 saturated heterocycles. The molecule has 0 aromatic heterocycles. The van der Waals surface area contributed by atoms with Gasteiger partial charge in [0.2, 0.25) is 0 Å². The number of hydrogen-bond donors (Lipinski definition) is 1. The first-order valence-corrected chi connectivity index (χ1v) is 19.4. The van der Waals surface area contributed by atoms with Crippen LogP contribution in [-0.4, -0.2) is 46.4 Å². The number of fused-ring (bicyclic) bond motifs is 2. The normalized spacial score (nSPS) is 22.5. The molecule has 228 valence electrons. The number of amides is 1. The van der Waals surface area contributed by atoms with E-state index in [0.29, 0.717) is 19.8 Å². The maximum absolute atomic E-state index is 12.3. The summed E-state index contributed by atoms with van der Waals surface area (Å²) < 4.78 is 18.2. The molecular formula is C33H63NO4Si. The second-order valence-electron chi connectivity index (χ2n) is 13.7. The van der Waals surface area contributed by atoms with Crippen LogP contribution in [0, 0.1) is 11.8 Å². The Morgan fingerprint density at radius 2 is 1.18 bits per heavy atom. The summed E-state index contributed by atoms with van der Waals surface area (Å²) in [4.78, 5) is 12.3. The largest absolute Gasteiger partial charge is 0.449 e. The van der Waals surface area contributed by atoms with E-state index in [1.807, 2.05) is 0 Å². The van der Waals surface area contributed by atoms with Crippen LogP contribution in [0.15, 0.2) is 12.2 Å².